The van der Waals surface area contributed by atoms with Crippen molar-refractivity contribution in [2.45, 2.75) is 6.54 Å². The van der Waals surface area contributed by atoms with Crippen molar-refractivity contribution in [3.63, 3.8) is 0 Å². The standard InChI is InChI=1S/C11H12ClN3O/c12-11-7-3-1-2-4-8(7)15-9(11)5-14-6-10(13)16/h1-4,14-15H,5-6H2,(H2,13,16). The Morgan fingerprint density at radius 3 is 2.88 bits per heavy atom. The van der Waals surface area contributed by atoms with Crippen molar-refractivity contribution in [2.24, 2.45) is 5.73 Å². The van der Waals surface area contributed by atoms with E-state index in [2.05, 4.69) is 10.3 Å². The molecule has 0 spiro atoms. The second-order valence-corrected chi connectivity index (χ2v) is 3.91. The van der Waals surface area contributed by atoms with Crippen molar-refractivity contribution < 1.29 is 4.79 Å². The molecule has 0 saturated carbocycles. The van der Waals surface area contributed by atoms with E-state index in [9.17, 15) is 4.79 Å². The van der Waals surface area contributed by atoms with Crippen molar-refractivity contribution in [1.29, 1.82) is 0 Å². The minimum atomic E-state index is -0.382. The van der Waals surface area contributed by atoms with Crippen LogP contribution in [0.1, 0.15) is 5.69 Å². The fourth-order valence-corrected chi connectivity index (χ4v) is 1.87. The Kier molecular flexibility index (Phi) is 3.12. The number of H-pyrrole nitrogens is 1. The van der Waals surface area contributed by atoms with Crippen molar-refractivity contribution in [1.82, 2.24) is 10.3 Å². The highest BCUT2D eigenvalue weighted by Crippen LogP contribution is 2.26. The third-order valence-electron chi connectivity index (χ3n) is 2.32. The van der Waals surface area contributed by atoms with Gasteiger partial charge in [-0.25, -0.2) is 0 Å². The number of amides is 1. The molecule has 4 nitrogen and oxygen atoms in total. The first kappa shape index (κ1) is 11.0. The number of hydrogen-bond acceptors (Lipinski definition) is 2. The van der Waals surface area contributed by atoms with Gasteiger partial charge in [-0.2, -0.15) is 0 Å². The summed E-state index contributed by atoms with van der Waals surface area (Å²) in [6, 6.07) is 7.78. The minimum absolute atomic E-state index is 0.145. The molecule has 1 amide bonds. The van der Waals surface area contributed by atoms with Gasteiger partial charge < -0.3 is 16.0 Å². The molecule has 0 fully saturated rings. The van der Waals surface area contributed by atoms with E-state index < -0.39 is 0 Å². The average molecular weight is 238 g/mol. The fourth-order valence-electron chi connectivity index (χ4n) is 1.60. The van der Waals surface area contributed by atoms with Crippen LogP contribution in [0.3, 0.4) is 0 Å². The molecule has 2 rings (SSSR count). The van der Waals surface area contributed by atoms with E-state index in [4.69, 9.17) is 17.3 Å². The summed E-state index contributed by atoms with van der Waals surface area (Å²) in [5, 5.41) is 4.59. The zero-order chi connectivity index (χ0) is 11.5. The van der Waals surface area contributed by atoms with Gasteiger partial charge in [-0.05, 0) is 6.07 Å². The molecule has 0 saturated heterocycles. The molecule has 0 aliphatic carbocycles. The fraction of sp³-hybridized carbons (Fsp3) is 0.182. The van der Waals surface area contributed by atoms with E-state index >= 15 is 0 Å². The molecule has 5 heteroatoms. The summed E-state index contributed by atoms with van der Waals surface area (Å²) in [5.74, 6) is -0.382. The number of aromatic nitrogens is 1. The van der Waals surface area contributed by atoms with Crippen LogP contribution < -0.4 is 11.1 Å². The van der Waals surface area contributed by atoms with Gasteiger partial charge in [-0.3, -0.25) is 4.79 Å². The summed E-state index contributed by atoms with van der Waals surface area (Å²) in [4.78, 5) is 13.8. The van der Waals surface area contributed by atoms with Gasteiger partial charge in [0.05, 0.1) is 11.6 Å². The van der Waals surface area contributed by atoms with Gasteiger partial charge in [0.2, 0.25) is 5.91 Å². The van der Waals surface area contributed by atoms with Crippen molar-refractivity contribution in [3.8, 4) is 0 Å². The topological polar surface area (TPSA) is 70.9 Å². The number of benzene rings is 1. The Hall–Kier alpha value is -1.52. The third-order valence-corrected chi connectivity index (χ3v) is 2.75. The molecule has 16 heavy (non-hydrogen) atoms. The number of primary amides is 1. The molecular weight excluding hydrogens is 226 g/mol. The number of nitrogens with two attached hydrogens (primary N) is 1. The van der Waals surface area contributed by atoms with Crippen LogP contribution in [0.4, 0.5) is 0 Å². The van der Waals surface area contributed by atoms with Crippen LogP contribution in [-0.2, 0) is 11.3 Å². The molecule has 0 unspecified atom stereocenters. The maximum atomic E-state index is 10.6. The molecule has 4 N–H and O–H groups in total. The normalized spacial score (nSPS) is 10.8. The summed E-state index contributed by atoms with van der Waals surface area (Å²) in [5.41, 5.74) is 6.88. The minimum Gasteiger partial charge on any atom is -0.369 e. The lowest BCUT2D eigenvalue weighted by molar-refractivity contribution is -0.117. The van der Waals surface area contributed by atoms with E-state index in [1.807, 2.05) is 24.3 Å². The Morgan fingerprint density at radius 1 is 1.44 bits per heavy atom. The van der Waals surface area contributed by atoms with Gasteiger partial charge in [0, 0.05) is 23.1 Å². The lowest BCUT2D eigenvalue weighted by Crippen LogP contribution is -2.28. The highest BCUT2D eigenvalue weighted by Gasteiger charge is 2.08. The number of halogens is 1. The van der Waals surface area contributed by atoms with Crippen LogP contribution in [0, 0.1) is 0 Å². The van der Waals surface area contributed by atoms with Crippen LogP contribution in [0.25, 0.3) is 10.9 Å². The van der Waals surface area contributed by atoms with Crippen LogP contribution in [0.15, 0.2) is 24.3 Å². The highest BCUT2D eigenvalue weighted by molar-refractivity contribution is 6.36. The van der Waals surface area contributed by atoms with Crippen molar-refractivity contribution in [2.75, 3.05) is 6.54 Å². The van der Waals surface area contributed by atoms with Gasteiger partial charge in [-0.15, -0.1) is 0 Å². The second-order valence-electron chi connectivity index (χ2n) is 3.53. The molecular formula is C11H12ClN3O. The summed E-state index contributed by atoms with van der Waals surface area (Å²) in [6.45, 7) is 0.641. The SMILES string of the molecule is NC(=O)CNCc1[nH]c2ccccc2c1Cl. The van der Waals surface area contributed by atoms with Crippen LogP contribution in [-0.4, -0.2) is 17.4 Å². The monoisotopic (exact) mass is 237 g/mol. The molecule has 0 radical (unpaired) electrons. The third kappa shape index (κ3) is 2.18. The lowest BCUT2D eigenvalue weighted by atomic mass is 10.2. The second kappa shape index (κ2) is 4.55. The zero-order valence-electron chi connectivity index (χ0n) is 8.59. The number of rotatable bonds is 4. The summed E-state index contributed by atoms with van der Waals surface area (Å²) >= 11 is 6.19. The quantitative estimate of drug-likeness (QED) is 0.752. The van der Waals surface area contributed by atoms with Crippen LogP contribution >= 0.6 is 11.6 Å². The van der Waals surface area contributed by atoms with Gasteiger partial charge in [0.15, 0.2) is 0 Å². The first-order valence-electron chi connectivity index (χ1n) is 4.92. The highest BCUT2D eigenvalue weighted by atomic mass is 35.5. The molecule has 0 bridgehead atoms. The smallest absolute Gasteiger partial charge is 0.231 e. The molecule has 0 aliphatic rings. The molecule has 1 aromatic carbocycles. The number of aromatic amines is 1. The average Bonchev–Trinajstić information content (AvgIpc) is 2.56. The van der Waals surface area contributed by atoms with E-state index in [0.29, 0.717) is 11.6 Å². The number of para-hydroxylation sites is 1. The van der Waals surface area contributed by atoms with Gasteiger partial charge in [0.25, 0.3) is 0 Å². The summed E-state index contributed by atoms with van der Waals surface area (Å²) in [7, 11) is 0. The number of hydrogen-bond donors (Lipinski definition) is 3. The van der Waals surface area contributed by atoms with Crippen LogP contribution in [0.2, 0.25) is 5.02 Å². The molecule has 2 aromatic rings. The first-order chi connectivity index (χ1) is 7.68. The molecule has 1 heterocycles. The number of carbonyl (C=O) groups is 1. The van der Waals surface area contributed by atoms with Crippen molar-refractivity contribution >= 4 is 28.4 Å². The van der Waals surface area contributed by atoms with E-state index in [0.717, 1.165) is 16.6 Å². The van der Waals surface area contributed by atoms with E-state index in [1.54, 1.807) is 0 Å². The first-order valence-corrected chi connectivity index (χ1v) is 5.30. The number of carbonyl (C=O) groups excluding carboxylic acids is 1. The van der Waals surface area contributed by atoms with Gasteiger partial charge in [0.1, 0.15) is 0 Å². The molecule has 0 aliphatic heterocycles. The largest absolute Gasteiger partial charge is 0.369 e. The number of nitrogens with one attached hydrogen (secondary N) is 2. The molecule has 84 valence electrons. The molecule has 0 atom stereocenters. The summed E-state index contributed by atoms with van der Waals surface area (Å²) in [6.07, 6.45) is 0. The zero-order valence-corrected chi connectivity index (χ0v) is 9.34. The van der Waals surface area contributed by atoms with E-state index in [1.165, 1.54) is 0 Å². The Balaban J connectivity index is 2.18. The Bertz CT molecular complexity index is 521. The summed E-state index contributed by atoms with van der Waals surface area (Å²) < 4.78 is 0. The van der Waals surface area contributed by atoms with E-state index in [-0.39, 0.29) is 12.5 Å². The predicted octanol–water partition coefficient (Wildman–Crippen LogP) is 1.40. The lowest BCUT2D eigenvalue weighted by Gasteiger charge is -2.00. The van der Waals surface area contributed by atoms with Crippen LogP contribution in [0.5, 0.6) is 0 Å². The van der Waals surface area contributed by atoms with Crippen molar-refractivity contribution in [3.05, 3.63) is 35.0 Å². The molecule has 1 aromatic heterocycles. The Labute approximate surface area is 97.8 Å². The predicted molar refractivity (Wildman–Crippen MR) is 64.2 cm³/mol. The van der Waals surface area contributed by atoms with Gasteiger partial charge in [-0.1, -0.05) is 29.8 Å². The maximum absolute atomic E-state index is 10.6. The Morgan fingerprint density at radius 2 is 2.19 bits per heavy atom. The van der Waals surface area contributed by atoms with Gasteiger partial charge >= 0.3 is 0 Å². The number of fused-ring (bicyclic) bond motifs is 1. The maximum Gasteiger partial charge on any atom is 0.231 e.